The summed E-state index contributed by atoms with van der Waals surface area (Å²) in [5, 5.41) is 3.93. The van der Waals surface area contributed by atoms with Crippen molar-refractivity contribution in [2.75, 3.05) is 6.54 Å². The SMILES string of the molecule is CC(C)(C)CCNC1CCCCC1C1CCCCC1. The summed E-state index contributed by atoms with van der Waals surface area (Å²) >= 11 is 0. The van der Waals surface area contributed by atoms with Crippen LogP contribution in [0.5, 0.6) is 0 Å². The molecule has 2 atom stereocenters. The molecule has 0 aliphatic heterocycles. The fourth-order valence-corrected chi connectivity index (χ4v) is 4.17. The van der Waals surface area contributed by atoms with Crippen molar-refractivity contribution in [3.05, 3.63) is 0 Å². The molecule has 0 heterocycles. The van der Waals surface area contributed by atoms with E-state index in [1.807, 2.05) is 0 Å². The van der Waals surface area contributed by atoms with Crippen molar-refractivity contribution in [2.45, 2.75) is 91.0 Å². The maximum absolute atomic E-state index is 3.93. The van der Waals surface area contributed by atoms with Crippen LogP contribution in [0, 0.1) is 17.3 Å². The summed E-state index contributed by atoms with van der Waals surface area (Å²) in [4.78, 5) is 0. The van der Waals surface area contributed by atoms with Crippen LogP contribution in [0.4, 0.5) is 0 Å². The van der Waals surface area contributed by atoms with Crippen LogP contribution in [0.3, 0.4) is 0 Å². The predicted octanol–water partition coefficient (Wildman–Crippen LogP) is 5.15. The first-order chi connectivity index (χ1) is 9.06. The van der Waals surface area contributed by atoms with Gasteiger partial charge in [0.05, 0.1) is 0 Å². The van der Waals surface area contributed by atoms with E-state index in [1.165, 1.54) is 70.8 Å². The highest BCUT2D eigenvalue weighted by atomic mass is 14.9. The molecule has 2 aliphatic carbocycles. The quantitative estimate of drug-likeness (QED) is 0.741. The highest BCUT2D eigenvalue weighted by Gasteiger charge is 2.32. The number of nitrogens with one attached hydrogen (secondary N) is 1. The van der Waals surface area contributed by atoms with Gasteiger partial charge >= 0.3 is 0 Å². The van der Waals surface area contributed by atoms with Crippen LogP contribution in [0.25, 0.3) is 0 Å². The Balaban J connectivity index is 1.81. The molecule has 2 unspecified atom stereocenters. The Morgan fingerprint density at radius 3 is 2.16 bits per heavy atom. The van der Waals surface area contributed by atoms with Gasteiger partial charge in [0.25, 0.3) is 0 Å². The van der Waals surface area contributed by atoms with E-state index in [0.717, 1.165) is 17.9 Å². The van der Waals surface area contributed by atoms with Gasteiger partial charge in [0.2, 0.25) is 0 Å². The van der Waals surface area contributed by atoms with E-state index in [9.17, 15) is 0 Å². The first-order valence-corrected chi connectivity index (χ1v) is 8.80. The normalized spacial score (nSPS) is 30.5. The van der Waals surface area contributed by atoms with Crippen molar-refractivity contribution < 1.29 is 0 Å². The fourth-order valence-electron chi connectivity index (χ4n) is 4.17. The molecule has 2 aliphatic rings. The van der Waals surface area contributed by atoms with E-state index in [4.69, 9.17) is 0 Å². The molecule has 0 amide bonds. The second-order valence-electron chi connectivity index (χ2n) is 8.22. The van der Waals surface area contributed by atoms with E-state index >= 15 is 0 Å². The molecule has 0 radical (unpaired) electrons. The van der Waals surface area contributed by atoms with Gasteiger partial charge in [0.15, 0.2) is 0 Å². The minimum atomic E-state index is 0.474. The third kappa shape index (κ3) is 5.10. The molecular formula is C18H35N. The monoisotopic (exact) mass is 265 g/mol. The Morgan fingerprint density at radius 2 is 1.47 bits per heavy atom. The standard InChI is InChI=1S/C18H35N/c1-18(2,3)13-14-19-17-12-8-7-11-16(17)15-9-5-4-6-10-15/h15-17,19H,4-14H2,1-3H3. The lowest BCUT2D eigenvalue weighted by Crippen LogP contribution is -2.43. The van der Waals surface area contributed by atoms with E-state index in [1.54, 1.807) is 0 Å². The van der Waals surface area contributed by atoms with E-state index in [0.29, 0.717) is 5.41 Å². The molecule has 19 heavy (non-hydrogen) atoms. The summed E-state index contributed by atoms with van der Waals surface area (Å²) in [7, 11) is 0. The molecule has 0 saturated heterocycles. The lowest BCUT2D eigenvalue weighted by molar-refractivity contribution is 0.147. The third-order valence-electron chi connectivity index (χ3n) is 5.36. The Hall–Kier alpha value is -0.0400. The van der Waals surface area contributed by atoms with Crippen LogP contribution in [0.15, 0.2) is 0 Å². The second kappa shape index (κ2) is 7.11. The molecule has 1 heteroatoms. The zero-order valence-corrected chi connectivity index (χ0v) is 13.5. The lowest BCUT2D eigenvalue weighted by Gasteiger charge is -2.40. The molecule has 0 bridgehead atoms. The molecule has 2 saturated carbocycles. The van der Waals surface area contributed by atoms with Crippen molar-refractivity contribution >= 4 is 0 Å². The van der Waals surface area contributed by atoms with E-state index in [2.05, 4.69) is 26.1 Å². The molecule has 0 aromatic heterocycles. The largest absolute Gasteiger partial charge is 0.314 e. The van der Waals surface area contributed by atoms with Crippen molar-refractivity contribution in [2.24, 2.45) is 17.3 Å². The van der Waals surface area contributed by atoms with E-state index < -0.39 is 0 Å². The highest BCUT2D eigenvalue weighted by Crippen LogP contribution is 2.38. The van der Waals surface area contributed by atoms with Gasteiger partial charge in [-0.15, -0.1) is 0 Å². The number of hydrogen-bond acceptors (Lipinski definition) is 1. The van der Waals surface area contributed by atoms with Crippen LogP contribution in [-0.2, 0) is 0 Å². The molecule has 0 aromatic carbocycles. The lowest BCUT2D eigenvalue weighted by atomic mass is 9.71. The topological polar surface area (TPSA) is 12.0 Å². The van der Waals surface area contributed by atoms with Crippen LogP contribution >= 0.6 is 0 Å². The Morgan fingerprint density at radius 1 is 0.842 bits per heavy atom. The molecule has 1 nitrogen and oxygen atoms in total. The minimum absolute atomic E-state index is 0.474. The smallest absolute Gasteiger partial charge is 0.00979 e. The zero-order valence-electron chi connectivity index (χ0n) is 13.5. The third-order valence-corrected chi connectivity index (χ3v) is 5.36. The summed E-state index contributed by atoms with van der Waals surface area (Å²) in [5.41, 5.74) is 0.474. The van der Waals surface area contributed by atoms with Crippen molar-refractivity contribution in [3.63, 3.8) is 0 Å². The van der Waals surface area contributed by atoms with Gasteiger partial charge in [0.1, 0.15) is 0 Å². The van der Waals surface area contributed by atoms with Gasteiger partial charge in [-0.05, 0) is 43.1 Å². The van der Waals surface area contributed by atoms with Gasteiger partial charge in [-0.3, -0.25) is 0 Å². The average Bonchev–Trinajstić information content (AvgIpc) is 2.39. The molecule has 2 fully saturated rings. The zero-order chi connectivity index (χ0) is 13.7. The summed E-state index contributed by atoms with van der Waals surface area (Å²) < 4.78 is 0. The molecule has 0 spiro atoms. The van der Waals surface area contributed by atoms with Crippen molar-refractivity contribution in [1.82, 2.24) is 5.32 Å². The predicted molar refractivity (Wildman–Crippen MR) is 84.4 cm³/mol. The molecule has 0 aromatic rings. The summed E-state index contributed by atoms with van der Waals surface area (Å²) in [6.07, 6.45) is 14.7. The maximum Gasteiger partial charge on any atom is 0.00979 e. The Kier molecular flexibility index (Phi) is 5.74. The Bertz CT molecular complexity index is 247. The molecule has 2 rings (SSSR count). The van der Waals surface area contributed by atoms with Gasteiger partial charge in [-0.25, -0.2) is 0 Å². The number of hydrogen-bond donors (Lipinski definition) is 1. The van der Waals surface area contributed by atoms with Gasteiger partial charge < -0.3 is 5.32 Å². The van der Waals surface area contributed by atoms with Gasteiger partial charge in [0, 0.05) is 6.04 Å². The molecule has 112 valence electrons. The molecular weight excluding hydrogens is 230 g/mol. The average molecular weight is 265 g/mol. The van der Waals surface area contributed by atoms with Crippen LogP contribution in [0.1, 0.15) is 85.0 Å². The first kappa shape index (κ1) is 15.4. The van der Waals surface area contributed by atoms with Crippen molar-refractivity contribution in [3.8, 4) is 0 Å². The Labute approximate surface area is 120 Å². The first-order valence-electron chi connectivity index (χ1n) is 8.80. The highest BCUT2D eigenvalue weighted by molar-refractivity contribution is 4.87. The van der Waals surface area contributed by atoms with Crippen molar-refractivity contribution in [1.29, 1.82) is 0 Å². The van der Waals surface area contributed by atoms with Crippen LogP contribution in [-0.4, -0.2) is 12.6 Å². The minimum Gasteiger partial charge on any atom is -0.314 e. The summed E-state index contributed by atoms with van der Waals surface area (Å²) in [5.74, 6) is 2.04. The van der Waals surface area contributed by atoms with E-state index in [-0.39, 0.29) is 0 Å². The van der Waals surface area contributed by atoms with Crippen LogP contribution < -0.4 is 5.32 Å². The summed E-state index contributed by atoms with van der Waals surface area (Å²) in [6.45, 7) is 8.29. The fraction of sp³-hybridized carbons (Fsp3) is 1.00. The van der Waals surface area contributed by atoms with Gasteiger partial charge in [-0.1, -0.05) is 65.7 Å². The molecule has 1 N–H and O–H groups in total. The maximum atomic E-state index is 3.93. The summed E-state index contributed by atoms with van der Waals surface area (Å²) in [6, 6.07) is 0.833. The number of rotatable bonds is 4. The van der Waals surface area contributed by atoms with Gasteiger partial charge in [-0.2, -0.15) is 0 Å². The second-order valence-corrected chi connectivity index (χ2v) is 8.22. The van der Waals surface area contributed by atoms with Crippen LogP contribution in [0.2, 0.25) is 0 Å².